The number of carbonyl (C=O) groups is 4. The van der Waals surface area contributed by atoms with Crippen LogP contribution in [0.3, 0.4) is 0 Å². The van der Waals surface area contributed by atoms with Crippen molar-refractivity contribution in [1.82, 2.24) is 19.8 Å². The van der Waals surface area contributed by atoms with E-state index in [9.17, 15) is 29.1 Å². The number of hydrogen-bond donors (Lipinski definition) is 3. The molecule has 0 saturated heterocycles. The van der Waals surface area contributed by atoms with Gasteiger partial charge in [-0.1, -0.05) is 84.7 Å². The number of pyridine rings is 2. The Balaban J connectivity index is 1.18. The van der Waals surface area contributed by atoms with Crippen LogP contribution in [-0.4, -0.2) is 61.9 Å². The zero-order valence-corrected chi connectivity index (χ0v) is 38.7. The molecule has 2 aliphatic rings. The van der Waals surface area contributed by atoms with Crippen LogP contribution >= 0.6 is 0 Å². The van der Waals surface area contributed by atoms with Crippen LogP contribution in [0.15, 0.2) is 59.4 Å². The molecule has 0 fully saturated rings. The molecule has 5 atom stereocenters. The Morgan fingerprint density at radius 2 is 1.63 bits per heavy atom. The van der Waals surface area contributed by atoms with Crippen LogP contribution in [0.4, 0.5) is 10.5 Å². The predicted molar refractivity (Wildman–Crippen MR) is 247 cm³/mol. The maximum atomic E-state index is 14.4. The van der Waals surface area contributed by atoms with Crippen molar-refractivity contribution in [1.29, 1.82) is 0 Å². The lowest BCUT2D eigenvalue weighted by atomic mass is 9.74. The van der Waals surface area contributed by atoms with E-state index in [1.54, 1.807) is 40.7 Å². The topological polar surface area (TPSA) is 160 Å². The Labute approximate surface area is 372 Å². The molecule has 63 heavy (non-hydrogen) atoms. The van der Waals surface area contributed by atoms with Gasteiger partial charge in [0.25, 0.3) is 5.56 Å². The van der Waals surface area contributed by atoms with Gasteiger partial charge in [-0.25, -0.2) is 9.78 Å². The van der Waals surface area contributed by atoms with E-state index in [-0.39, 0.29) is 60.5 Å². The van der Waals surface area contributed by atoms with E-state index in [4.69, 9.17) is 9.72 Å². The summed E-state index contributed by atoms with van der Waals surface area (Å²) in [5, 5.41) is 18.8. The molecular formula is C51H67N5O7. The highest BCUT2D eigenvalue weighted by Crippen LogP contribution is 2.42. The molecule has 1 aliphatic carbocycles. The van der Waals surface area contributed by atoms with Crippen molar-refractivity contribution in [2.75, 3.05) is 11.9 Å². The van der Waals surface area contributed by atoms with Crippen molar-refractivity contribution in [3.05, 3.63) is 92.8 Å². The summed E-state index contributed by atoms with van der Waals surface area (Å²) in [6, 6.07) is 15.8. The first kappa shape index (κ1) is 47.1. The van der Waals surface area contributed by atoms with Crippen LogP contribution in [0.1, 0.15) is 129 Å². The van der Waals surface area contributed by atoms with Crippen LogP contribution < -0.4 is 16.2 Å². The van der Waals surface area contributed by atoms with Gasteiger partial charge in [-0.3, -0.25) is 19.2 Å². The van der Waals surface area contributed by atoms with Gasteiger partial charge in [0.2, 0.25) is 11.8 Å². The zero-order chi connectivity index (χ0) is 45.7. The third kappa shape index (κ3) is 10.2. The largest absolute Gasteiger partial charge is 0.445 e. The van der Waals surface area contributed by atoms with E-state index < -0.39 is 17.7 Å². The maximum absolute atomic E-state index is 14.4. The number of Topliss-reactive ketones (excluding diaryl/α,β-unsaturated/α-hetero) is 1. The first-order valence-electron chi connectivity index (χ1n) is 23.0. The van der Waals surface area contributed by atoms with Crippen LogP contribution in [0, 0.1) is 23.7 Å². The van der Waals surface area contributed by atoms with E-state index >= 15 is 0 Å². The van der Waals surface area contributed by atoms with Gasteiger partial charge < -0.3 is 29.9 Å². The number of amides is 3. The standard InChI is InChI=1S/C51H67N5O7/c1-10-32(7)26-35(11-2)22-24-51(62)42-27-44-46-41(28-56(44)49(60)40(42)20-21-45(51)57)38(39-14-12-13-15-43(39)54-46)23-25-55(31(5)6)50(61)63-29-36-16-18-37(19-17-36)53-48(59)34(9)52-47(58)33(8)30(3)4/h12-19,27,30-35,62H,10-11,20-26,28-29H2,1-9H3,(H,52,58)(H,53,59)/t32?,33-,34-,35?,51+/m0/s1. The van der Waals surface area contributed by atoms with Gasteiger partial charge in [-0.05, 0) is 106 Å². The highest BCUT2D eigenvalue weighted by molar-refractivity contribution is 5.97. The van der Waals surface area contributed by atoms with Gasteiger partial charge in [0.1, 0.15) is 18.2 Å². The van der Waals surface area contributed by atoms with Crippen LogP contribution in [-0.2, 0) is 50.7 Å². The Morgan fingerprint density at radius 3 is 2.30 bits per heavy atom. The molecule has 3 heterocycles. The van der Waals surface area contributed by atoms with Crippen molar-refractivity contribution < 1.29 is 29.0 Å². The lowest BCUT2D eigenvalue weighted by molar-refractivity contribution is -0.140. The summed E-state index contributed by atoms with van der Waals surface area (Å²) >= 11 is 0. The summed E-state index contributed by atoms with van der Waals surface area (Å²) in [4.78, 5) is 73.7. The first-order chi connectivity index (χ1) is 30.0. The van der Waals surface area contributed by atoms with Gasteiger partial charge in [0, 0.05) is 52.7 Å². The number of anilines is 1. The van der Waals surface area contributed by atoms with Crippen molar-refractivity contribution in [3.8, 4) is 11.4 Å². The SMILES string of the molecule is CCC(C)CC(CC)CC[C@]1(O)C(=O)CCc2c1cc1n(c2=O)Cc2c-1nc1ccccc1c2CCN(C(=O)OCc1ccc(NC(=O)[C@H](C)NC(=O)[C@@H](C)C(C)C)cc1)C(C)C. The molecule has 4 aromatic rings. The van der Waals surface area contributed by atoms with Crippen LogP contribution in [0.25, 0.3) is 22.3 Å². The van der Waals surface area contributed by atoms with Crippen LogP contribution in [0.5, 0.6) is 0 Å². The first-order valence-corrected chi connectivity index (χ1v) is 23.0. The Hall–Kier alpha value is -5.36. The van der Waals surface area contributed by atoms with Gasteiger partial charge in [0.05, 0.1) is 23.4 Å². The van der Waals surface area contributed by atoms with E-state index in [1.165, 1.54) is 0 Å². The van der Waals surface area contributed by atoms with Crippen molar-refractivity contribution in [3.63, 3.8) is 0 Å². The number of aromatic nitrogens is 2. The number of nitrogens with one attached hydrogen (secondary N) is 2. The smallest absolute Gasteiger partial charge is 0.410 e. The lowest BCUT2D eigenvalue weighted by Gasteiger charge is -2.34. The number of nitrogens with zero attached hydrogens (tertiary/aromatic N) is 3. The summed E-state index contributed by atoms with van der Waals surface area (Å²) in [6.45, 7) is 18.6. The summed E-state index contributed by atoms with van der Waals surface area (Å²) in [7, 11) is 0. The second-order valence-corrected chi connectivity index (χ2v) is 18.6. The Morgan fingerprint density at radius 1 is 0.921 bits per heavy atom. The normalized spacial score (nSPS) is 17.4. The van der Waals surface area contributed by atoms with E-state index in [0.29, 0.717) is 72.4 Å². The minimum atomic E-state index is -1.73. The number of aliphatic hydroxyl groups is 1. The zero-order valence-electron chi connectivity index (χ0n) is 38.7. The second-order valence-electron chi connectivity index (χ2n) is 18.6. The second kappa shape index (κ2) is 20.0. The fourth-order valence-electron chi connectivity index (χ4n) is 8.97. The third-order valence-corrected chi connectivity index (χ3v) is 13.7. The fraction of sp³-hybridized carbons (Fsp3) is 0.529. The highest BCUT2D eigenvalue weighted by Gasteiger charge is 2.44. The molecule has 6 rings (SSSR count). The predicted octanol–water partition coefficient (Wildman–Crippen LogP) is 8.70. The Kier molecular flexibility index (Phi) is 15.0. The molecule has 1 aliphatic heterocycles. The number of ether oxygens (including phenoxy) is 1. The molecule has 3 N–H and O–H groups in total. The number of carbonyl (C=O) groups excluding carboxylic acids is 4. The highest BCUT2D eigenvalue weighted by atomic mass is 16.6. The minimum absolute atomic E-state index is 0.0259. The minimum Gasteiger partial charge on any atom is -0.445 e. The van der Waals surface area contributed by atoms with Gasteiger partial charge >= 0.3 is 6.09 Å². The fourth-order valence-corrected chi connectivity index (χ4v) is 8.97. The number of hydrogen-bond acceptors (Lipinski definition) is 8. The summed E-state index contributed by atoms with van der Waals surface area (Å²) in [5.41, 5.74) is 4.21. The number of para-hydroxylation sites is 1. The summed E-state index contributed by atoms with van der Waals surface area (Å²) < 4.78 is 7.57. The number of rotatable bonds is 18. The van der Waals surface area contributed by atoms with E-state index in [0.717, 1.165) is 46.9 Å². The molecule has 2 aromatic carbocycles. The maximum Gasteiger partial charge on any atom is 0.410 e. The van der Waals surface area contributed by atoms with Gasteiger partial charge in [-0.15, -0.1) is 0 Å². The Bertz CT molecular complexity index is 2390. The average molecular weight is 862 g/mol. The quantitative estimate of drug-likeness (QED) is 0.0789. The number of fused-ring (bicyclic) bond motifs is 5. The average Bonchev–Trinajstić information content (AvgIpc) is 3.63. The number of ketones is 1. The van der Waals surface area contributed by atoms with E-state index in [2.05, 4.69) is 31.4 Å². The molecule has 0 radical (unpaired) electrons. The monoisotopic (exact) mass is 862 g/mol. The molecular weight excluding hydrogens is 795 g/mol. The third-order valence-electron chi connectivity index (χ3n) is 13.7. The molecule has 3 amide bonds. The lowest BCUT2D eigenvalue weighted by Crippen LogP contribution is -2.44. The number of benzene rings is 2. The molecule has 0 bridgehead atoms. The molecule has 12 nitrogen and oxygen atoms in total. The van der Waals surface area contributed by atoms with Crippen molar-refractivity contribution in [2.24, 2.45) is 23.7 Å². The molecule has 2 aromatic heterocycles. The molecule has 12 heteroatoms. The summed E-state index contributed by atoms with van der Waals surface area (Å²) in [6.07, 6.45) is 4.49. The van der Waals surface area contributed by atoms with Crippen LogP contribution in [0.2, 0.25) is 0 Å². The van der Waals surface area contributed by atoms with Crippen molar-refractivity contribution >= 4 is 40.3 Å². The summed E-state index contributed by atoms with van der Waals surface area (Å²) in [5.74, 6) is 0.142. The molecule has 0 saturated carbocycles. The van der Waals surface area contributed by atoms with Gasteiger partial charge in [-0.2, -0.15) is 0 Å². The molecule has 338 valence electrons. The van der Waals surface area contributed by atoms with Crippen molar-refractivity contribution in [2.45, 2.75) is 145 Å². The molecule has 0 spiro atoms. The van der Waals surface area contributed by atoms with E-state index in [1.807, 2.05) is 65.0 Å². The van der Waals surface area contributed by atoms with Gasteiger partial charge in [0.15, 0.2) is 5.78 Å². The molecule has 2 unspecified atom stereocenters.